The molecule has 4 atom stereocenters. The Morgan fingerprint density at radius 3 is 1.40 bits per heavy atom. The number of phosphoric acid groups is 1. The van der Waals surface area contributed by atoms with Crippen LogP contribution in [0, 0.1) is 0 Å². The maximum absolute atomic E-state index is 12.8. The molecule has 0 rings (SSSR count). The number of unbranched alkanes of at least 4 members (excludes halogenated alkanes) is 29. The number of allylic oxidation sites excluding steroid dienone is 3. The number of hydrogen-bond acceptors (Lipinski definition) is 7. The lowest BCUT2D eigenvalue weighted by Crippen LogP contribution is -2.46. The molecule has 0 heterocycles. The quantitative estimate of drug-likeness (QED) is 0.0231. The van der Waals surface area contributed by atoms with E-state index in [4.69, 9.17) is 14.8 Å². The molecule has 0 spiro atoms. The molecule has 0 fully saturated rings. The molecule has 0 bridgehead atoms. The van der Waals surface area contributed by atoms with E-state index in [9.17, 15) is 24.5 Å². The first kappa shape index (κ1) is 55.9. The molecule has 57 heavy (non-hydrogen) atoms. The van der Waals surface area contributed by atoms with Gasteiger partial charge in [0.05, 0.1) is 37.9 Å². The molecular weight excluding hydrogens is 735 g/mol. The van der Waals surface area contributed by atoms with Gasteiger partial charge in [0.1, 0.15) is 0 Å². The summed E-state index contributed by atoms with van der Waals surface area (Å²) in [6.45, 7) is 3.99. The molecule has 0 radical (unpaired) electrons. The van der Waals surface area contributed by atoms with E-state index in [1.54, 1.807) is 6.08 Å². The minimum Gasteiger partial charge on any atom is -0.393 e. The van der Waals surface area contributed by atoms with Gasteiger partial charge in [0.15, 0.2) is 0 Å². The smallest absolute Gasteiger partial charge is 0.393 e. The van der Waals surface area contributed by atoms with Gasteiger partial charge in [-0.1, -0.05) is 205 Å². The molecule has 0 aromatic rings. The van der Waals surface area contributed by atoms with Gasteiger partial charge in [-0.2, -0.15) is 0 Å². The molecule has 0 aromatic carbocycles. The normalized spacial score (nSPS) is 14.7. The maximum atomic E-state index is 12.8. The summed E-state index contributed by atoms with van der Waals surface area (Å²) in [5.74, 6) is -0.448. The number of amides is 1. The minimum atomic E-state index is -4.40. The predicted octanol–water partition coefficient (Wildman–Crippen LogP) is 12.7. The van der Waals surface area contributed by atoms with Crippen molar-refractivity contribution in [1.29, 1.82) is 0 Å². The molecule has 9 nitrogen and oxygen atoms in total. The third-order valence-corrected chi connectivity index (χ3v) is 11.8. The van der Waals surface area contributed by atoms with Crippen LogP contribution in [0.1, 0.15) is 232 Å². The summed E-state index contributed by atoms with van der Waals surface area (Å²) in [5, 5.41) is 24.1. The SMILES string of the molecule is CCCCCCCCCC/C=C\CCCCCCCC(O)CC(=O)NC(COP(=O)(O)OCCN)C(O)/C=C/CCCCCCCCCCCCCCCCCC. The number of carbonyl (C=O) groups excluding carboxylic acids is 1. The second-order valence-corrected chi connectivity index (χ2v) is 18.0. The summed E-state index contributed by atoms with van der Waals surface area (Å²) in [4.78, 5) is 22.8. The lowest BCUT2D eigenvalue weighted by atomic mass is 10.0. The van der Waals surface area contributed by atoms with Gasteiger partial charge in [-0.25, -0.2) is 4.57 Å². The first-order chi connectivity index (χ1) is 27.8. The second-order valence-electron chi connectivity index (χ2n) is 16.5. The van der Waals surface area contributed by atoms with Gasteiger partial charge in [-0.05, 0) is 44.9 Å². The van der Waals surface area contributed by atoms with Gasteiger partial charge in [0, 0.05) is 6.54 Å². The molecule has 0 aromatic heterocycles. The highest BCUT2D eigenvalue weighted by Crippen LogP contribution is 2.43. The maximum Gasteiger partial charge on any atom is 0.472 e. The van der Waals surface area contributed by atoms with Crippen LogP contribution in [-0.2, 0) is 18.4 Å². The van der Waals surface area contributed by atoms with Crippen molar-refractivity contribution in [3.8, 4) is 0 Å². The number of aliphatic hydroxyl groups is 2. The summed E-state index contributed by atoms with van der Waals surface area (Å²) in [6.07, 6.45) is 46.9. The molecule has 0 aliphatic carbocycles. The molecule has 10 heteroatoms. The fraction of sp³-hybridized carbons (Fsp3) is 0.894. The highest BCUT2D eigenvalue weighted by Gasteiger charge is 2.27. The molecule has 0 aliphatic rings. The molecule has 338 valence electrons. The van der Waals surface area contributed by atoms with E-state index in [0.717, 1.165) is 51.4 Å². The summed E-state index contributed by atoms with van der Waals surface area (Å²) in [6, 6.07) is -0.983. The van der Waals surface area contributed by atoms with Gasteiger partial charge in [0.2, 0.25) is 5.91 Å². The summed E-state index contributed by atoms with van der Waals surface area (Å²) < 4.78 is 22.1. The van der Waals surface area contributed by atoms with Gasteiger partial charge in [0.25, 0.3) is 0 Å². The average molecular weight is 829 g/mol. The molecule has 4 unspecified atom stereocenters. The zero-order valence-corrected chi connectivity index (χ0v) is 38.1. The van der Waals surface area contributed by atoms with Crippen LogP contribution in [0.3, 0.4) is 0 Å². The zero-order chi connectivity index (χ0) is 41.9. The van der Waals surface area contributed by atoms with Crippen LogP contribution in [0.5, 0.6) is 0 Å². The van der Waals surface area contributed by atoms with E-state index in [1.165, 1.54) is 154 Å². The Balaban J connectivity index is 4.26. The van der Waals surface area contributed by atoms with Crippen LogP contribution in [-0.4, -0.2) is 59.0 Å². The van der Waals surface area contributed by atoms with Crippen LogP contribution in [0.2, 0.25) is 0 Å². The number of phosphoric ester groups is 1. The first-order valence-corrected chi connectivity index (χ1v) is 25.5. The highest BCUT2D eigenvalue weighted by atomic mass is 31.2. The number of hydrogen-bond donors (Lipinski definition) is 5. The van der Waals surface area contributed by atoms with Crippen LogP contribution >= 0.6 is 7.82 Å². The summed E-state index contributed by atoms with van der Waals surface area (Å²) in [5.41, 5.74) is 5.37. The Hall–Kier alpha value is -1.06. The van der Waals surface area contributed by atoms with Crippen molar-refractivity contribution in [1.82, 2.24) is 5.32 Å². The van der Waals surface area contributed by atoms with Crippen molar-refractivity contribution < 1.29 is 33.5 Å². The molecule has 0 saturated heterocycles. The highest BCUT2D eigenvalue weighted by molar-refractivity contribution is 7.47. The Morgan fingerprint density at radius 2 is 0.982 bits per heavy atom. The second kappa shape index (κ2) is 43.0. The van der Waals surface area contributed by atoms with Crippen molar-refractivity contribution in [3.05, 3.63) is 24.3 Å². The first-order valence-electron chi connectivity index (χ1n) is 24.0. The van der Waals surface area contributed by atoms with Crippen LogP contribution in [0.15, 0.2) is 24.3 Å². The fourth-order valence-electron chi connectivity index (χ4n) is 7.17. The van der Waals surface area contributed by atoms with E-state index in [0.29, 0.717) is 6.42 Å². The Kier molecular flexibility index (Phi) is 42.2. The lowest BCUT2D eigenvalue weighted by Gasteiger charge is -2.24. The fourth-order valence-corrected chi connectivity index (χ4v) is 7.93. The number of rotatable bonds is 45. The number of nitrogens with two attached hydrogens (primary N) is 1. The van der Waals surface area contributed by atoms with E-state index in [1.807, 2.05) is 6.08 Å². The Bertz CT molecular complexity index is 966. The van der Waals surface area contributed by atoms with Crippen molar-refractivity contribution >= 4 is 13.7 Å². The average Bonchev–Trinajstić information content (AvgIpc) is 3.19. The van der Waals surface area contributed by atoms with Gasteiger partial charge in [-0.3, -0.25) is 13.8 Å². The molecule has 6 N–H and O–H groups in total. The van der Waals surface area contributed by atoms with Gasteiger partial charge >= 0.3 is 7.82 Å². The van der Waals surface area contributed by atoms with Crippen molar-refractivity contribution in [2.45, 2.75) is 250 Å². The van der Waals surface area contributed by atoms with Crippen LogP contribution in [0.4, 0.5) is 0 Å². The minimum absolute atomic E-state index is 0.0491. The van der Waals surface area contributed by atoms with Gasteiger partial charge in [-0.15, -0.1) is 0 Å². The zero-order valence-electron chi connectivity index (χ0n) is 37.2. The molecule has 0 saturated carbocycles. The number of carbonyl (C=O) groups is 1. The van der Waals surface area contributed by atoms with E-state index >= 15 is 0 Å². The Morgan fingerprint density at radius 1 is 0.596 bits per heavy atom. The van der Waals surface area contributed by atoms with E-state index in [-0.39, 0.29) is 19.6 Å². The van der Waals surface area contributed by atoms with E-state index in [2.05, 4.69) is 31.3 Å². The van der Waals surface area contributed by atoms with Crippen LogP contribution in [0.25, 0.3) is 0 Å². The number of aliphatic hydroxyl groups excluding tert-OH is 2. The molecule has 1 amide bonds. The lowest BCUT2D eigenvalue weighted by molar-refractivity contribution is -0.124. The largest absolute Gasteiger partial charge is 0.472 e. The third kappa shape index (κ3) is 41.5. The molecule has 0 aliphatic heterocycles. The Labute approximate surface area is 351 Å². The standard InChI is InChI=1S/C47H93N2O7P/c1-3-5-7-9-11-13-15-17-19-21-23-25-27-29-31-33-35-37-39-46(51)45(43-56-57(53,54)55-41-40-48)49-47(52)42-44(50)38-36-34-32-30-28-26-24-22-20-18-16-14-12-10-8-6-4-2/h22,24,37,39,44-46,50-51H,3-21,23,25-36,38,40-43,48H2,1-2H3,(H,49,52)(H,53,54)/b24-22-,39-37+. The van der Waals surface area contributed by atoms with Crippen LogP contribution < -0.4 is 11.1 Å². The topological polar surface area (TPSA) is 151 Å². The number of nitrogens with one attached hydrogen (secondary N) is 1. The van der Waals surface area contributed by atoms with Gasteiger partial charge < -0.3 is 26.2 Å². The summed E-state index contributed by atoms with van der Waals surface area (Å²) in [7, 11) is -4.40. The van der Waals surface area contributed by atoms with E-state index < -0.39 is 38.6 Å². The third-order valence-electron chi connectivity index (χ3n) is 10.8. The predicted molar refractivity (Wildman–Crippen MR) is 241 cm³/mol. The monoisotopic (exact) mass is 829 g/mol. The molecular formula is C47H93N2O7P. The summed E-state index contributed by atoms with van der Waals surface area (Å²) >= 11 is 0. The van der Waals surface area contributed by atoms with Crippen molar-refractivity contribution in [2.24, 2.45) is 5.73 Å². The van der Waals surface area contributed by atoms with Crippen molar-refractivity contribution in [2.75, 3.05) is 19.8 Å². The van der Waals surface area contributed by atoms with Crippen molar-refractivity contribution in [3.63, 3.8) is 0 Å².